The molecule has 2 aromatic rings. The van der Waals surface area contributed by atoms with Crippen LogP contribution in [0.25, 0.3) is 0 Å². The maximum absolute atomic E-state index is 9.75. The van der Waals surface area contributed by atoms with Gasteiger partial charge in [0.1, 0.15) is 18.1 Å². The zero-order valence-electron chi connectivity index (χ0n) is 10.2. The van der Waals surface area contributed by atoms with E-state index in [1.54, 1.807) is 12.1 Å². The fourth-order valence-electron chi connectivity index (χ4n) is 1.82. The Balaban J connectivity index is 2.16. The molecular weight excluding hydrogens is 292 g/mol. The number of rotatable bonds is 4. The van der Waals surface area contributed by atoms with Gasteiger partial charge < -0.3 is 9.84 Å². The van der Waals surface area contributed by atoms with Gasteiger partial charge in [0.15, 0.2) is 0 Å². The third kappa shape index (κ3) is 2.85. The maximum atomic E-state index is 9.75. The van der Waals surface area contributed by atoms with E-state index in [0.717, 1.165) is 27.8 Å². The molecule has 18 heavy (non-hydrogen) atoms. The predicted molar refractivity (Wildman–Crippen MR) is 76.0 cm³/mol. The quantitative estimate of drug-likeness (QED) is 0.912. The second-order valence-corrected chi connectivity index (χ2v) is 4.84. The van der Waals surface area contributed by atoms with Gasteiger partial charge in [0.2, 0.25) is 0 Å². The smallest absolute Gasteiger partial charge is 0.126 e. The number of phenols is 1. The van der Waals surface area contributed by atoms with Crippen LogP contribution in [0.1, 0.15) is 18.1 Å². The minimum Gasteiger partial charge on any atom is -0.508 e. The minimum absolute atomic E-state index is 0.294. The summed E-state index contributed by atoms with van der Waals surface area (Å²) < 4.78 is 6.82. The van der Waals surface area contributed by atoms with Gasteiger partial charge in [-0.2, -0.15) is 0 Å². The zero-order chi connectivity index (χ0) is 13.0. The lowest BCUT2D eigenvalue weighted by Gasteiger charge is -2.12. The molecule has 0 saturated carbocycles. The normalized spacial score (nSPS) is 10.3. The van der Waals surface area contributed by atoms with Crippen LogP contribution in [-0.2, 0) is 13.0 Å². The summed E-state index contributed by atoms with van der Waals surface area (Å²) in [5, 5.41) is 9.75. The van der Waals surface area contributed by atoms with E-state index in [2.05, 4.69) is 15.9 Å². The molecule has 2 nitrogen and oxygen atoms in total. The van der Waals surface area contributed by atoms with Crippen LogP contribution < -0.4 is 4.74 Å². The van der Waals surface area contributed by atoms with E-state index in [0.29, 0.717) is 12.4 Å². The van der Waals surface area contributed by atoms with E-state index in [4.69, 9.17) is 4.74 Å². The Morgan fingerprint density at radius 1 is 1.11 bits per heavy atom. The van der Waals surface area contributed by atoms with E-state index in [9.17, 15) is 5.11 Å². The van der Waals surface area contributed by atoms with Crippen molar-refractivity contribution in [3.8, 4) is 11.5 Å². The van der Waals surface area contributed by atoms with Crippen LogP contribution in [0.5, 0.6) is 11.5 Å². The van der Waals surface area contributed by atoms with E-state index >= 15 is 0 Å². The molecule has 0 amide bonds. The summed E-state index contributed by atoms with van der Waals surface area (Å²) in [5.41, 5.74) is 1.94. The van der Waals surface area contributed by atoms with E-state index in [1.165, 1.54) is 0 Å². The van der Waals surface area contributed by atoms with Crippen molar-refractivity contribution in [2.45, 2.75) is 20.0 Å². The molecule has 3 heteroatoms. The molecule has 2 rings (SSSR count). The lowest BCUT2D eigenvalue weighted by Crippen LogP contribution is -1.99. The predicted octanol–water partition coefficient (Wildman–Crippen LogP) is 4.30. The molecule has 0 aliphatic carbocycles. The topological polar surface area (TPSA) is 29.5 Å². The molecule has 0 spiro atoms. The summed E-state index contributed by atoms with van der Waals surface area (Å²) in [5.74, 6) is 1.04. The molecule has 0 aliphatic heterocycles. The molecule has 0 saturated heterocycles. The first-order valence-electron chi connectivity index (χ1n) is 5.89. The van der Waals surface area contributed by atoms with Crippen molar-refractivity contribution in [2.24, 2.45) is 0 Å². The molecule has 0 unspecified atom stereocenters. The Kier molecular flexibility index (Phi) is 4.26. The first kappa shape index (κ1) is 13.0. The average Bonchev–Trinajstić information content (AvgIpc) is 2.38. The maximum Gasteiger partial charge on any atom is 0.126 e. The third-order valence-corrected chi connectivity index (χ3v) is 3.58. The summed E-state index contributed by atoms with van der Waals surface area (Å²) in [7, 11) is 0. The monoisotopic (exact) mass is 306 g/mol. The van der Waals surface area contributed by atoms with Crippen molar-refractivity contribution in [2.75, 3.05) is 0 Å². The molecular formula is C15H15BrO2. The highest BCUT2D eigenvalue weighted by atomic mass is 79.9. The van der Waals surface area contributed by atoms with Gasteiger partial charge in [-0.15, -0.1) is 0 Å². The van der Waals surface area contributed by atoms with Crippen molar-refractivity contribution in [3.05, 3.63) is 58.1 Å². The highest BCUT2D eigenvalue weighted by Crippen LogP contribution is 2.29. The first-order chi connectivity index (χ1) is 8.72. The standard InChI is InChI=1S/C15H15BrO2/c1-2-12-14(17)8-5-9-15(12)18-10-11-6-3-4-7-13(11)16/h3-9,17H,2,10H2,1H3. The summed E-state index contributed by atoms with van der Waals surface area (Å²) in [6.45, 7) is 2.48. The first-order valence-corrected chi connectivity index (χ1v) is 6.68. The molecule has 0 radical (unpaired) electrons. The van der Waals surface area contributed by atoms with Gasteiger partial charge in [-0.25, -0.2) is 0 Å². The lowest BCUT2D eigenvalue weighted by atomic mass is 10.1. The summed E-state index contributed by atoms with van der Waals surface area (Å²) >= 11 is 3.49. The van der Waals surface area contributed by atoms with Crippen LogP contribution in [0.4, 0.5) is 0 Å². The van der Waals surface area contributed by atoms with Crippen molar-refractivity contribution in [1.82, 2.24) is 0 Å². The summed E-state index contributed by atoms with van der Waals surface area (Å²) in [6.07, 6.45) is 0.748. The highest BCUT2D eigenvalue weighted by Gasteiger charge is 2.07. The largest absolute Gasteiger partial charge is 0.508 e. The zero-order valence-corrected chi connectivity index (χ0v) is 11.8. The molecule has 2 aromatic carbocycles. The Morgan fingerprint density at radius 2 is 1.89 bits per heavy atom. The van der Waals surface area contributed by atoms with Crippen LogP contribution in [-0.4, -0.2) is 5.11 Å². The fraction of sp³-hybridized carbons (Fsp3) is 0.200. The van der Waals surface area contributed by atoms with Gasteiger partial charge in [0.25, 0.3) is 0 Å². The number of hydrogen-bond acceptors (Lipinski definition) is 2. The Bertz CT molecular complexity index is 538. The minimum atomic E-state index is 0.294. The summed E-state index contributed by atoms with van der Waals surface area (Å²) in [6, 6.07) is 13.3. The van der Waals surface area contributed by atoms with Gasteiger partial charge >= 0.3 is 0 Å². The number of ether oxygens (including phenoxy) is 1. The van der Waals surface area contributed by atoms with E-state index in [-0.39, 0.29) is 0 Å². The molecule has 1 N–H and O–H groups in total. The van der Waals surface area contributed by atoms with Gasteiger partial charge in [0.05, 0.1) is 0 Å². The SMILES string of the molecule is CCc1c(O)cccc1OCc1ccccc1Br. The van der Waals surface area contributed by atoms with Crippen molar-refractivity contribution < 1.29 is 9.84 Å². The van der Waals surface area contributed by atoms with E-state index in [1.807, 2.05) is 37.3 Å². The highest BCUT2D eigenvalue weighted by molar-refractivity contribution is 9.10. The van der Waals surface area contributed by atoms with Crippen LogP contribution in [0.2, 0.25) is 0 Å². The molecule has 0 aliphatic rings. The number of halogens is 1. The van der Waals surface area contributed by atoms with Gasteiger partial charge in [-0.3, -0.25) is 0 Å². The number of hydrogen-bond donors (Lipinski definition) is 1. The molecule has 94 valence electrons. The van der Waals surface area contributed by atoms with Crippen molar-refractivity contribution >= 4 is 15.9 Å². The lowest BCUT2D eigenvalue weighted by molar-refractivity contribution is 0.300. The Hall–Kier alpha value is -1.48. The summed E-state index contributed by atoms with van der Waals surface area (Å²) in [4.78, 5) is 0. The molecule has 0 heterocycles. The Morgan fingerprint density at radius 3 is 2.61 bits per heavy atom. The second-order valence-electron chi connectivity index (χ2n) is 3.99. The third-order valence-electron chi connectivity index (χ3n) is 2.80. The van der Waals surface area contributed by atoms with Crippen LogP contribution >= 0.6 is 15.9 Å². The molecule has 0 aromatic heterocycles. The molecule has 0 fully saturated rings. The van der Waals surface area contributed by atoms with Crippen molar-refractivity contribution in [3.63, 3.8) is 0 Å². The number of aromatic hydroxyl groups is 1. The molecule has 0 atom stereocenters. The number of benzene rings is 2. The van der Waals surface area contributed by atoms with Crippen LogP contribution in [0, 0.1) is 0 Å². The second kappa shape index (κ2) is 5.91. The van der Waals surface area contributed by atoms with Gasteiger partial charge in [0, 0.05) is 15.6 Å². The number of phenolic OH excluding ortho intramolecular Hbond substituents is 1. The van der Waals surface area contributed by atoms with Gasteiger partial charge in [-0.05, 0) is 24.6 Å². The van der Waals surface area contributed by atoms with Crippen LogP contribution in [0.3, 0.4) is 0 Å². The Labute approximate surface area is 115 Å². The fourth-order valence-corrected chi connectivity index (χ4v) is 2.21. The van der Waals surface area contributed by atoms with Crippen molar-refractivity contribution in [1.29, 1.82) is 0 Å². The van der Waals surface area contributed by atoms with Crippen LogP contribution in [0.15, 0.2) is 46.9 Å². The van der Waals surface area contributed by atoms with E-state index < -0.39 is 0 Å². The van der Waals surface area contributed by atoms with Gasteiger partial charge in [-0.1, -0.05) is 47.1 Å². The molecule has 0 bridgehead atoms. The average molecular weight is 307 g/mol.